The molecule has 0 unspecified atom stereocenters. The molecule has 2 nitrogen and oxygen atoms in total. The van der Waals surface area contributed by atoms with E-state index in [2.05, 4.69) is 35.8 Å². The Morgan fingerprint density at radius 3 is 2.67 bits per heavy atom. The van der Waals surface area contributed by atoms with Crippen molar-refractivity contribution in [3.8, 4) is 5.75 Å². The Kier molecular flexibility index (Phi) is 7.36. The van der Waals surface area contributed by atoms with Crippen molar-refractivity contribution in [2.24, 2.45) is 0 Å². The third kappa shape index (κ3) is 4.62. The molecule has 3 heteroatoms. The highest BCUT2D eigenvalue weighted by Gasteiger charge is 2.13. The van der Waals surface area contributed by atoms with Crippen molar-refractivity contribution in [1.29, 1.82) is 0 Å². The minimum atomic E-state index is 0.0686. The van der Waals surface area contributed by atoms with E-state index in [0.29, 0.717) is 0 Å². The number of hydrogen-bond acceptors (Lipinski definition) is 2. The van der Waals surface area contributed by atoms with Crippen LogP contribution in [0.5, 0.6) is 5.75 Å². The molecule has 0 aliphatic rings. The summed E-state index contributed by atoms with van der Waals surface area (Å²) < 4.78 is 12.3. The Bertz CT molecular complexity index is 352. The first-order chi connectivity index (χ1) is 8.70. The number of rotatable bonds is 8. The standard InChI is InChI=1S/C15H23BrO2/c1-4-5-6-7-11-18-12(2)13-9-8-10-14(16)15(13)17-3/h8-10,12H,4-7,11H2,1-3H3/t12-/m0/s1. The minimum Gasteiger partial charge on any atom is -0.495 e. The van der Waals surface area contributed by atoms with Gasteiger partial charge in [0.15, 0.2) is 0 Å². The molecule has 1 atom stereocenters. The molecule has 0 N–H and O–H groups in total. The summed E-state index contributed by atoms with van der Waals surface area (Å²) in [4.78, 5) is 0. The second-order valence-corrected chi connectivity index (χ2v) is 5.29. The van der Waals surface area contributed by atoms with Gasteiger partial charge in [-0.15, -0.1) is 0 Å². The first-order valence-electron chi connectivity index (χ1n) is 6.64. The van der Waals surface area contributed by atoms with E-state index in [1.807, 2.05) is 12.1 Å². The maximum absolute atomic E-state index is 5.87. The maximum atomic E-state index is 5.87. The monoisotopic (exact) mass is 314 g/mol. The quantitative estimate of drug-likeness (QED) is 0.620. The van der Waals surface area contributed by atoms with Crippen LogP contribution in [-0.2, 0) is 4.74 Å². The van der Waals surface area contributed by atoms with Crippen molar-refractivity contribution in [2.45, 2.75) is 45.6 Å². The highest BCUT2D eigenvalue weighted by Crippen LogP contribution is 2.34. The van der Waals surface area contributed by atoms with Gasteiger partial charge in [-0.3, -0.25) is 0 Å². The SMILES string of the molecule is CCCCCCO[C@@H](C)c1cccc(Br)c1OC. The van der Waals surface area contributed by atoms with Gasteiger partial charge in [-0.25, -0.2) is 0 Å². The molecule has 1 aromatic rings. The van der Waals surface area contributed by atoms with Crippen molar-refractivity contribution in [3.05, 3.63) is 28.2 Å². The van der Waals surface area contributed by atoms with Crippen molar-refractivity contribution >= 4 is 15.9 Å². The number of benzene rings is 1. The van der Waals surface area contributed by atoms with E-state index in [-0.39, 0.29) is 6.10 Å². The molecule has 0 bridgehead atoms. The second-order valence-electron chi connectivity index (χ2n) is 4.44. The number of ether oxygens (including phenoxy) is 2. The molecule has 1 aromatic carbocycles. The third-order valence-electron chi connectivity index (χ3n) is 3.01. The molecule has 102 valence electrons. The number of hydrogen-bond donors (Lipinski definition) is 0. The molecule has 0 aliphatic carbocycles. The Balaban J connectivity index is 2.50. The van der Waals surface area contributed by atoms with Gasteiger partial charge < -0.3 is 9.47 Å². The summed E-state index contributed by atoms with van der Waals surface area (Å²) in [7, 11) is 1.69. The highest BCUT2D eigenvalue weighted by molar-refractivity contribution is 9.10. The van der Waals surface area contributed by atoms with Gasteiger partial charge in [0.25, 0.3) is 0 Å². The van der Waals surface area contributed by atoms with Gasteiger partial charge in [-0.2, -0.15) is 0 Å². The van der Waals surface area contributed by atoms with Crippen LogP contribution >= 0.6 is 15.9 Å². The van der Waals surface area contributed by atoms with Gasteiger partial charge in [-0.1, -0.05) is 38.3 Å². The van der Waals surface area contributed by atoms with E-state index in [9.17, 15) is 0 Å². The molecule has 0 fully saturated rings. The summed E-state index contributed by atoms with van der Waals surface area (Å²) in [5.74, 6) is 0.874. The molecule has 0 heterocycles. The fraction of sp³-hybridized carbons (Fsp3) is 0.600. The van der Waals surface area contributed by atoms with Crippen LogP contribution < -0.4 is 4.74 Å². The summed E-state index contributed by atoms with van der Waals surface area (Å²) in [6, 6.07) is 6.05. The molecular weight excluding hydrogens is 292 g/mol. The van der Waals surface area contributed by atoms with Crippen molar-refractivity contribution in [2.75, 3.05) is 13.7 Å². The van der Waals surface area contributed by atoms with Gasteiger partial charge in [0.1, 0.15) is 5.75 Å². The molecular formula is C15H23BrO2. The molecule has 0 aromatic heterocycles. The van der Waals surface area contributed by atoms with Crippen LogP contribution in [0.15, 0.2) is 22.7 Å². The molecule has 0 saturated carbocycles. The zero-order valence-electron chi connectivity index (χ0n) is 11.5. The van der Waals surface area contributed by atoms with Gasteiger partial charge in [0.2, 0.25) is 0 Å². The maximum Gasteiger partial charge on any atom is 0.138 e. The Hall–Kier alpha value is -0.540. The number of para-hydroxylation sites is 1. The van der Waals surface area contributed by atoms with Crippen LogP contribution in [0.2, 0.25) is 0 Å². The lowest BCUT2D eigenvalue weighted by molar-refractivity contribution is 0.0610. The van der Waals surface area contributed by atoms with Crippen molar-refractivity contribution in [1.82, 2.24) is 0 Å². The number of halogens is 1. The Labute approximate surface area is 119 Å². The Morgan fingerprint density at radius 2 is 2.00 bits per heavy atom. The van der Waals surface area contributed by atoms with Crippen LogP contribution in [0, 0.1) is 0 Å². The first kappa shape index (κ1) is 15.5. The van der Waals surface area contributed by atoms with E-state index < -0.39 is 0 Å². The summed E-state index contributed by atoms with van der Waals surface area (Å²) in [5, 5.41) is 0. The lowest BCUT2D eigenvalue weighted by Crippen LogP contribution is -2.04. The van der Waals surface area contributed by atoms with Crippen LogP contribution in [0.1, 0.15) is 51.2 Å². The average Bonchev–Trinajstić information content (AvgIpc) is 2.38. The van der Waals surface area contributed by atoms with E-state index in [0.717, 1.165) is 28.8 Å². The van der Waals surface area contributed by atoms with Gasteiger partial charge >= 0.3 is 0 Å². The van der Waals surface area contributed by atoms with Crippen LogP contribution in [0.3, 0.4) is 0 Å². The molecule has 0 radical (unpaired) electrons. The Morgan fingerprint density at radius 1 is 1.22 bits per heavy atom. The summed E-state index contributed by atoms with van der Waals surface area (Å²) in [6.45, 7) is 5.11. The van der Waals surface area contributed by atoms with E-state index in [1.165, 1.54) is 19.3 Å². The van der Waals surface area contributed by atoms with Crippen LogP contribution in [-0.4, -0.2) is 13.7 Å². The van der Waals surface area contributed by atoms with Crippen molar-refractivity contribution < 1.29 is 9.47 Å². The van der Waals surface area contributed by atoms with E-state index in [4.69, 9.17) is 9.47 Å². The van der Waals surface area contributed by atoms with Gasteiger partial charge in [-0.05, 0) is 35.3 Å². The van der Waals surface area contributed by atoms with Crippen molar-refractivity contribution in [3.63, 3.8) is 0 Å². The summed E-state index contributed by atoms with van der Waals surface area (Å²) >= 11 is 3.50. The molecule has 0 spiro atoms. The highest BCUT2D eigenvalue weighted by atomic mass is 79.9. The zero-order valence-corrected chi connectivity index (χ0v) is 13.1. The molecule has 18 heavy (non-hydrogen) atoms. The topological polar surface area (TPSA) is 18.5 Å². The molecule has 0 aliphatic heterocycles. The number of methoxy groups -OCH3 is 1. The third-order valence-corrected chi connectivity index (χ3v) is 3.63. The predicted octanol–water partition coefficient (Wildman–Crippen LogP) is 5.12. The minimum absolute atomic E-state index is 0.0686. The van der Waals surface area contributed by atoms with E-state index >= 15 is 0 Å². The number of unbranched alkanes of at least 4 members (excludes halogenated alkanes) is 3. The van der Waals surface area contributed by atoms with Crippen LogP contribution in [0.25, 0.3) is 0 Å². The van der Waals surface area contributed by atoms with Gasteiger partial charge in [0, 0.05) is 12.2 Å². The largest absolute Gasteiger partial charge is 0.495 e. The fourth-order valence-electron chi connectivity index (χ4n) is 1.94. The summed E-state index contributed by atoms with van der Waals surface area (Å²) in [6.07, 6.45) is 5.00. The summed E-state index contributed by atoms with van der Waals surface area (Å²) in [5.41, 5.74) is 1.10. The molecule has 0 amide bonds. The van der Waals surface area contributed by atoms with E-state index in [1.54, 1.807) is 7.11 Å². The predicted molar refractivity (Wildman–Crippen MR) is 79.2 cm³/mol. The average molecular weight is 315 g/mol. The molecule has 1 rings (SSSR count). The normalized spacial score (nSPS) is 12.4. The first-order valence-corrected chi connectivity index (χ1v) is 7.44. The smallest absolute Gasteiger partial charge is 0.138 e. The second kappa shape index (κ2) is 8.54. The van der Waals surface area contributed by atoms with Crippen LogP contribution in [0.4, 0.5) is 0 Å². The molecule has 0 saturated heterocycles. The van der Waals surface area contributed by atoms with Gasteiger partial charge in [0.05, 0.1) is 17.7 Å². The lowest BCUT2D eigenvalue weighted by atomic mass is 10.1. The zero-order chi connectivity index (χ0) is 13.4. The lowest BCUT2D eigenvalue weighted by Gasteiger charge is -2.17. The fourth-order valence-corrected chi connectivity index (χ4v) is 2.48.